The molecule has 0 radical (unpaired) electrons. The monoisotopic (exact) mass is 186 g/mol. The van der Waals surface area contributed by atoms with Crippen LogP contribution in [0.3, 0.4) is 0 Å². The third-order valence-corrected chi connectivity index (χ3v) is 1.35. The number of nitrogens with zero attached hydrogens (tertiary/aromatic N) is 1. The van der Waals surface area contributed by atoms with E-state index in [0.717, 1.165) is 0 Å². The summed E-state index contributed by atoms with van der Waals surface area (Å²) < 4.78 is 0.589. The summed E-state index contributed by atoms with van der Waals surface area (Å²) in [6.07, 6.45) is 0. The van der Waals surface area contributed by atoms with Crippen molar-refractivity contribution in [3.63, 3.8) is 0 Å². The summed E-state index contributed by atoms with van der Waals surface area (Å²) >= 11 is 0. The Morgan fingerprint density at radius 2 is 2.00 bits per heavy atom. The highest BCUT2D eigenvalue weighted by atomic mass is 16.7. The fourth-order valence-electron chi connectivity index (χ4n) is 0.668. The second-order valence-corrected chi connectivity index (χ2v) is 2.54. The van der Waals surface area contributed by atoms with Gasteiger partial charge in [0.25, 0.3) is 0 Å². The number of hydrogen-bond donors (Lipinski definition) is 3. The van der Waals surface area contributed by atoms with Crippen molar-refractivity contribution in [2.75, 3.05) is 0 Å². The SMILES string of the molecule is CC(N)C(=O)On1c(O)ccc1O. The van der Waals surface area contributed by atoms with Crippen LogP contribution in [0.5, 0.6) is 11.8 Å². The van der Waals surface area contributed by atoms with Gasteiger partial charge in [0.2, 0.25) is 11.8 Å². The van der Waals surface area contributed by atoms with Crippen molar-refractivity contribution in [2.24, 2.45) is 5.73 Å². The van der Waals surface area contributed by atoms with Gasteiger partial charge in [0.15, 0.2) is 0 Å². The smallest absolute Gasteiger partial charge is 0.349 e. The molecule has 1 unspecified atom stereocenters. The Morgan fingerprint density at radius 1 is 1.54 bits per heavy atom. The molecule has 1 heterocycles. The molecule has 1 aromatic rings. The van der Waals surface area contributed by atoms with Crippen molar-refractivity contribution in [2.45, 2.75) is 13.0 Å². The van der Waals surface area contributed by atoms with Crippen LogP contribution in [-0.2, 0) is 4.79 Å². The first-order chi connectivity index (χ1) is 6.02. The molecular weight excluding hydrogens is 176 g/mol. The zero-order valence-electron chi connectivity index (χ0n) is 6.97. The molecule has 0 saturated carbocycles. The lowest BCUT2D eigenvalue weighted by molar-refractivity contribution is -0.146. The van der Waals surface area contributed by atoms with Crippen molar-refractivity contribution in [1.82, 2.24) is 4.73 Å². The van der Waals surface area contributed by atoms with Gasteiger partial charge in [-0.3, -0.25) is 0 Å². The van der Waals surface area contributed by atoms with Crippen LogP contribution in [-0.4, -0.2) is 27.0 Å². The Hall–Kier alpha value is -1.69. The number of nitrogens with two attached hydrogens (primary N) is 1. The van der Waals surface area contributed by atoms with E-state index in [4.69, 9.17) is 15.9 Å². The predicted molar refractivity (Wildman–Crippen MR) is 43.0 cm³/mol. The van der Waals surface area contributed by atoms with Crippen molar-refractivity contribution in [3.8, 4) is 11.8 Å². The van der Waals surface area contributed by atoms with Gasteiger partial charge in [-0.2, -0.15) is 0 Å². The second kappa shape index (κ2) is 3.36. The summed E-state index contributed by atoms with van der Waals surface area (Å²) in [5, 5.41) is 18.1. The van der Waals surface area contributed by atoms with E-state index in [1.165, 1.54) is 19.1 Å². The van der Waals surface area contributed by atoms with Gasteiger partial charge in [0.05, 0.1) is 0 Å². The first-order valence-electron chi connectivity index (χ1n) is 3.60. The minimum absolute atomic E-state index is 0.369. The minimum Gasteiger partial charge on any atom is -0.492 e. The van der Waals surface area contributed by atoms with Gasteiger partial charge < -0.3 is 20.8 Å². The van der Waals surface area contributed by atoms with E-state index >= 15 is 0 Å². The molecule has 0 aliphatic carbocycles. The normalized spacial score (nSPS) is 12.5. The average molecular weight is 186 g/mol. The maximum atomic E-state index is 10.9. The van der Waals surface area contributed by atoms with Gasteiger partial charge in [0.1, 0.15) is 6.04 Å². The van der Waals surface area contributed by atoms with E-state index in [1.54, 1.807) is 0 Å². The molecule has 0 aromatic carbocycles. The number of carbonyl (C=O) groups excluding carboxylic acids is 1. The van der Waals surface area contributed by atoms with E-state index in [2.05, 4.69) is 4.84 Å². The van der Waals surface area contributed by atoms with Gasteiger partial charge >= 0.3 is 5.97 Å². The highest BCUT2D eigenvalue weighted by Crippen LogP contribution is 2.18. The standard InChI is InChI=1S/C7H10N2O4/c1-4(8)7(12)13-9-5(10)2-3-6(9)11/h2-4,10-11H,8H2,1H3. The molecule has 0 aliphatic rings. The summed E-state index contributed by atoms with van der Waals surface area (Å²) in [4.78, 5) is 15.5. The number of aromatic nitrogens is 1. The molecule has 4 N–H and O–H groups in total. The van der Waals surface area contributed by atoms with Crippen LogP contribution >= 0.6 is 0 Å². The molecule has 1 rings (SSSR count). The number of rotatable bonds is 2. The molecule has 6 heteroatoms. The quantitative estimate of drug-likeness (QED) is 0.561. The lowest BCUT2D eigenvalue weighted by Gasteiger charge is -2.08. The Morgan fingerprint density at radius 3 is 2.38 bits per heavy atom. The van der Waals surface area contributed by atoms with E-state index in [0.29, 0.717) is 4.73 Å². The van der Waals surface area contributed by atoms with Crippen molar-refractivity contribution in [1.29, 1.82) is 0 Å². The van der Waals surface area contributed by atoms with E-state index in [1.807, 2.05) is 0 Å². The fraction of sp³-hybridized carbons (Fsp3) is 0.286. The number of hydrogen-bond acceptors (Lipinski definition) is 5. The molecular formula is C7H10N2O4. The molecule has 0 saturated heterocycles. The third kappa shape index (κ3) is 1.91. The molecule has 0 spiro atoms. The van der Waals surface area contributed by atoms with Crippen LogP contribution in [0.4, 0.5) is 0 Å². The Balaban J connectivity index is 2.79. The summed E-state index contributed by atoms with van der Waals surface area (Å²) in [5.41, 5.74) is 5.20. The third-order valence-electron chi connectivity index (χ3n) is 1.35. The second-order valence-electron chi connectivity index (χ2n) is 2.54. The highest BCUT2D eigenvalue weighted by Gasteiger charge is 2.14. The topological polar surface area (TPSA) is 97.7 Å². The molecule has 0 bridgehead atoms. The lowest BCUT2D eigenvalue weighted by atomic mass is 10.4. The minimum atomic E-state index is -0.818. The van der Waals surface area contributed by atoms with Gasteiger partial charge in [-0.15, -0.1) is 4.73 Å². The van der Waals surface area contributed by atoms with Gasteiger partial charge in [-0.25, -0.2) is 4.79 Å². The van der Waals surface area contributed by atoms with Gasteiger partial charge in [-0.1, -0.05) is 0 Å². The summed E-state index contributed by atoms with van der Waals surface area (Å²) in [6, 6.07) is 1.55. The number of aromatic hydroxyl groups is 2. The Labute approximate surface area is 74.1 Å². The van der Waals surface area contributed by atoms with Crippen LogP contribution in [0, 0.1) is 0 Å². The van der Waals surface area contributed by atoms with E-state index in [9.17, 15) is 4.79 Å². The van der Waals surface area contributed by atoms with Gasteiger partial charge in [-0.05, 0) is 6.92 Å². The highest BCUT2D eigenvalue weighted by molar-refractivity contribution is 5.75. The molecule has 0 amide bonds. The van der Waals surface area contributed by atoms with Crippen LogP contribution < -0.4 is 10.6 Å². The Kier molecular flexibility index (Phi) is 2.43. The van der Waals surface area contributed by atoms with E-state index in [-0.39, 0.29) is 11.8 Å². The molecule has 72 valence electrons. The lowest BCUT2D eigenvalue weighted by Crippen LogP contribution is -2.34. The maximum Gasteiger partial charge on any atom is 0.349 e. The zero-order valence-corrected chi connectivity index (χ0v) is 6.97. The van der Waals surface area contributed by atoms with Crippen LogP contribution in [0.25, 0.3) is 0 Å². The molecule has 1 aromatic heterocycles. The first-order valence-corrected chi connectivity index (χ1v) is 3.60. The largest absolute Gasteiger partial charge is 0.492 e. The Bertz CT molecular complexity index is 299. The first kappa shape index (κ1) is 9.40. The summed E-state index contributed by atoms with van der Waals surface area (Å²) in [5.74, 6) is -1.49. The van der Waals surface area contributed by atoms with Gasteiger partial charge in [0, 0.05) is 12.1 Å². The van der Waals surface area contributed by atoms with Crippen molar-refractivity contribution < 1.29 is 19.8 Å². The van der Waals surface area contributed by atoms with Crippen LogP contribution in [0.1, 0.15) is 6.92 Å². The molecule has 13 heavy (non-hydrogen) atoms. The molecule has 6 nitrogen and oxygen atoms in total. The molecule has 0 aliphatic heterocycles. The van der Waals surface area contributed by atoms with Crippen molar-refractivity contribution in [3.05, 3.63) is 12.1 Å². The summed E-state index contributed by atoms with van der Waals surface area (Å²) in [6.45, 7) is 1.43. The van der Waals surface area contributed by atoms with E-state index < -0.39 is 12.0 Å². The molecule has 1 atom stereocenters. The molecule has 0 fully saturated rings. The van der Waals surface area contributed by atoms with Crippen LogP contribution in [0.2, 0.25) is 0 Å². The fourth-order valence-corrected chi connectivity index (χ4v) is 0.668. The van der Waals surface area contributed by atoms with Crippen molar-refractivity contribution >= 4 is 5.97 Å². The predicted octanol–water partition coefficient (Wildman–Crippen LogP) is -0.798. The van der Waals surface area contributed by atoms with Crippen LogP contribution in [0.15, 0.2) is 12.1 Å². The number of carbonyl (C=O) groups is 1. The maximum absolute atomic E-state index is 10.9. The zero-order chi connectivity index (χ0) is 10.0. The summed E-state index contributed by atoms with van der Waals surface area (Å²) in [7, 11) is 0. The average Bonchev–Trinajstić information content (AvgIpc) is 2.35.